The zero-order chi connectivity index (χ0) is 21.3. The minimum atomic E-state index is -0.331. The van der Waals surface area contributed by atoms with Gasteiger partial charge < -0.3 is 15.2 Å². The van der Waals surface area contributed by atoms with E-state index in [0.717, 1.165) is 5.56 Å². The van der Waals surface area contributed by atoms with Gasteiger partial charge in [0.05, 0.1) is 22.3 Å². The van der Waals surface area contributed by atoms with E-state index in [1.54, 1.807) is 45.2 Å². The summed E-state index contributed by atoms with van der Waals surface area (Å²) in [5.74, 6) is -0.542. The number of nitrogens with one attached hydrogen (secondary N) is 2. The van der Waals surface area contributed by atoms with Gasteiger partial charge in [-0.05, 0) is 37.6 Å². The summed E-state index contributed by atoms with van der Waals surface area (Å²) >= 11 is 0. The Morgan fingerprint density at radius 3 is 2.43 bits per heavy atom. The molecule has 2 aromatic heterocycles. The highest BCUT2D eigenvalue weighted by Crippen LogP contribution is 2.28. The zero-order valence-electron chi connectivity index (χ0n) is 16.8. The fraction of sp³-hybridized carbons (Fsp3) is 0.130. The van der Waals surface area contributed by atoms with Gasteiger partial charge in [-0.3, -0.25) is 9.59 Å². The first kappa shape index (κ1) is 19.3. The molecule has 7 nitrogen and oxygen atoms in total. The number of fused-ring (bicyclic) bond motifs is 1. The van der Waals surface area contributed by atoms with Crippen LogP contribution in [-0.4, -0.2) is 29.0 Å². The summed E-state index contributed by atoms with van der Waals surface area (Å²) in [6.07, 6.45) is 0. The Hall–Kier alpha value is -4.00. The van der Waals surface area contributed by atoms with Gasteiger partial charge in [0, 0.05) is 23.9 Å². The predicted molar refractivity (Wildman–Crippen MR) is 114 cm³/mol. The molecule has 2 N–H and O–H groups in total. The number of carbonyl (C=O) groups excluding carboxylic acids is 2. The lowest BCUT2D eigenvalue weighted by Gasteiger charge is -2.13. The molecule has 0 saturated carbocycles. The van der Waals surface area contributed by atoms with Crippen molar-refractivity contribution in [3.63, 3.8) is 0 Å². The number of pyridine rings is 1. The molecule has 0 bridgehead atoms. The number of benzene rings is 2. The van der Waals surface area contributed by atoms with Crippen LogP contribution >= 0.6 is 0 Å². The summed E-state index contributed by atoms with van der Waals surface area (Å²) in [6, 6.07) is 16.5. The summed E-state index contributed by atoms with van der Waals surface area (Å²) in [5.41, 5.74) is 4.50. The Morgan fingerprint density at radius 1 is 0.933 bits per heavy atom. The van der Waals surface area contributed by atoms with E-state index >= 15 is 0 Å². The van der Waals surface area contributed by atoms with Crippen LogP contribution in [0.15, 0.2) is 59.1 Å². The van der Waals surface area contributed by atoms with E-state index in [9.17, 15) is 9.59 Å². The number of hydrogen-bond acceptors (Lipinski definition) is 5. The molecule has 150 valence electrons. The van der Waals surface area contributed by atoms with Crippen molar-refractivity contribution in [1.82, 2.24) is 15.5 Å². The fourth-order valence-electron chi connectivity index (χ4n) is 3.37. The van der Waals surface area contributed by atoms with Crippen LogP contribution in [0.3, 0.4) is 0 Å². The second kappa shape index (κ2) is 7.79. The van der Waals surface area contributed by atoms with Gasteiger partial charge in [-0.25, -0.2) is 4.98 Å². The maximum Gasteiger partial charge on any atom is 0.259 e. The molecule has 0 aliphatic carbocycles. The van der Waals surface area contributed by atoms with Crippen LogP contribution in [0.1, 0.15) is 32.0 Å². The average molecular weight is 400 g/mol. The largest absolute Gasteiger partial charge is 0.355 e. The highest BCUT2D eigenvalue weighted by molar-refractivity contribution is 6.13. The summed E-state index contributed by atoms with van der Waals surface area (Å²) in [6.45, 7) is 3.56. The third-order valence-corrected chi connectivity index (χ3v) is 4.98. The number of hydrogen-bond donors (Lipinski definition) is 2. The van der Waals surface area contributed by atoms with Gasteiger partial charge >= 0.3 is 0 Å². The Balaban J connectivity index is 1.79. The summed E-state index contributed by atoms with van der Waals surface area (Å²) in [4.78, 5) is 29.9. The summed E-state index contributed by atoms with van der Waals surface area (Å²) in [5, 5.41) is 10.1. The molecular formula is C23H20N4O3. The van der Waals surface area contributed by atoms with E-state index in [1.165, 1.54) is 0 Å². The zero-order valence-corrected chi connectivity index (χ0v) is 16.8. The molecule has 4 aromatic rings. The van der Waals surface area contributed by atoms with Gasteiger partial charge in [-0.15, -0.1) is 0 Å². The standard InChI is InChI=1S/C23H20N4O3/c1-13-16(21(28)24-3)10-7-11-18(13)25-22(29)17-12-19(15-8-5-4-6-9-15)26-23-20(17)14(2)27-30-23/h4-12H,1-3H3,(H,24,28)(H,25,29). The molecule has 0 aliphatic heterocycles. The lowest BCUT2D eigenvalue weighted by molar-refractivity contribution is 0.0961. The molecule has 0 saturated heterocycles. The van der Waals surface area contributed by atoms with Crippen molar-refractivity contribution in [3.8, 4) is 11.3 Å². The van der Waals surface area contributed by atoms with Gasteiger partial charge in [-0.1, -0.05) is 41.6 Å². The van der Waals surface area contributed by atoms with Crippen molar-refractivity contribution in [2.24, 2.45) is 0 Å². The van der Waals surface area contributed by atoms with Crippen molar-refractivity contribution in [1.29, 1.82) is 0 Å². The van der Waals surface area contributed by atoms with Crippen molar-refractivity contribution in [2.75, 3.05) is 12.4 Å². The molecule has 0 radical (unpaired) electrons. The summed E-state index contributed by atoms with van der Waals surface area (Å²) in [7, 11) is 1.57. The first-order chi connectivity index (χ1) is 14.5. The van der Waals surface area contributed by atoms with Crippen molar-refractivity contribution in [3.05, 3.63) is 77.0 Å². The Bertz CT molecular complexity index is 1260. The van der Waals surface area contributed by atoms with Crippen LogP contribution < -0.4 is 10.6 Å². The molecule has 0 fully saturated rings. The fourth-order valence-corrected chi connectivity index (χ4v) is 3.37. The molecule has 2 amide bonds. The number of aromatic nitrogens is 2. The Kier molecular flexibility index (Phi) is 5.02. The number of anilines is 1. The maximum absolute atomic E-state index is 13.3. The number of carbonyl (C=O) groups is 2. The topological polar surface area (TPSA) is 97.1 Å². The number of aryl methyl sites for hydroxylation is 1. The Morgan fingerprint density at radius 2 is 1.70 bits per heavy atom. The van der Waals surface area contributed by atoms with Gasteiger partial charge in [0.15, 0.2) is 0 Å². The van der Waals surface area contributed by atoms with E-state index in [2.05, 4.69) is 20.8 Å². The number of amides is 2. The van der Waals surface area contributed by atoms with Crippen LogP contribution in [0.25, 0.3) is 22.4 Å². The number of rotatable bonds is 4. The minimum absolute atomic E-state index is 0.212. The highest BCUT2D eigenvalue weighted by atomic mass is 16.5. The quantitative estimate of drug-likeness (QED) is 0.537. The highest BCUT2D eigenvalue weighted by Gasteiger charge is 2.20. The minimum Gasteiger partial charge on any atom is -0.355 e. The second-order valence-corrected chi connectivity index (χ2v) is 6.88. The molecule has 2 aromatic carbocycles. The third kappa shape index (κ3) is 3.41. The second-order valence-electron chi connectivity index (χ2n) is 6.88. The van der Waals surface area contributed by atoms with E-state index in [4.69, 9.17) is 4.52 Å². The van der Waals surface area contributed by atoms with Crippen LogP contribution in [0, 0.1) is 13.8 Å². The van der Waals surface area contributed by atoms with Crippen molar-refractivity contribution in [2.45, 2.75) is 13.8 Å². The monoisotopic (exact) mass is 400 g/mol. The molecule has 0 atom stereocenters. The molecule has 2 heterocycles. The van der Waals surface area contributed by atoms with Gasteiger partial charge in [0.2, 0.25) is 0 Å². The summed E-state index contributed by atoms with van der Waals surface area (Å²) < 4.78 is 5.35. The van der Waals surface area contributed by atoms with Crippen molar-refractivity contribution >= 4 is 28.6 Å². The lowest BCUT2D eigenvalue weighted by atomic mass is 10.0. The predicted octanol–water partition coefficient (Wildman–Crippen LogP) is 4.12. The molecule has 0 aliphatic rings. The van der Waals surface area contributed by atoms with E-state index < -0.39 is 0 Å². The van der Waals surface area contributed by atoms with Crippen LogP contribution in [0.4, 0.5) is 5.69 Å². The third-order valence-electron chi connectivity index (χ3n) is 4.98. The van der Waals surface area contributed by atoms with E-state index in [-0.39, 0.29) is 11.8 Å². The first-order valence-electron chi connectivity index (χ1n) is 9.45. The van der Waals surface area contributed by atoms with Gasteiger partial charge in [-0.2, -0.15) is 0 Å². The Labute approximate surface area is 173 Å². The molecule has 7 heteroatoms. The lowest BCUT2D eigenvalue weighted by Crippen LogP contribution is -2.20. The van der Waals surface area contributed by atoms with Crippen LogP contribution in [0.5, 0.6) is 0 Å². The van der Waals surface area contributed by atoms with Crippen LogP contribution in [-0.2, 0) is 0 Å². The smallest absolute Gasteiger partial charge is 0.259 e. The van der Waals surface area contributed by atoms with Crippen molar-refractivity contribution < 1.29 is 14.1 Å². The normalized spacial score (nSPS) is 10.8. The van der Waals surface area contributed by atoms with E-state index in [1.807, 2.05) is 30.3 Å². The first-order valence-corrected chi connectivity index (χ1v) is 9.45. The SMILES string of the molecule is CNC(=O)c1cccc(NC(=O)c2cc(-c3ccccc3)nc3onc(C)c23)c1C. The molecular weight excluding hydrogens is 380 g/mol. The molecule has 0 unspecified atom stereocenters. The maximum atomic E-state index is 13.3. The molecule has 0 spiro atoms. The molecule has 30 heavy (non-hydrogen) atoms. The van der Waals surface area contributed by atoms with Gasteiger partial charge in [0.1, 0.15) is 0 Å². The van der Waals surface area contributed by atoms with Gasteiger partial charge in [0.25, 0.3) is 17.5 Å². The average Bonchev–Trinajstić information content (AvgIpc) is 3.15. The molecule has 4 rings (SSSR count). The van der Waals surface area contributed by atoms with E-state index in [0.29, 0.717) is 44.9 Å². The number of nitrogens with zero attached hydrogens (tertiary/aromatic N) is 2. The van der Waals surface area contributed by atoms with Crippen LogP contribution in [0.2, 0.25) is 0 Å².